The van der Waals surface area contributed by atoms with Gasteiger partial charge in [-0.15, -0.1) is 0 Å². The topological polar surface area (TPSA) is 90.0 Å². The quantitative estimate of drug-likeness (QED) is 0.784. The molecule has 8 nitrogen and oxygen atoms in total. The maximum Gasteiger partial charge on any atom is 0.266 e. The molecule has 2 aliphatic heterocycles. The Balaban J connectivity index is 1.51. The summed E-state index contributed by atoms with van der Waals surface area (Å²) < 4.78 is 16.4. The number of hydrogen-bond donors (Lipinski definition) is 1. The van der Waals surface area contributed by atoms with Gasteiger partial charge in [0.2, 0.25) is 12.7 Å². The van der Waals surface area contributed by atoms with E-state index in [4.69, 9.17) is 14.2 Å². The molecule has 0 radical (unpaired) electrons. The molecule has 2 amide bonds. The summed E-state index contributed by atoms with van der Waals surface area (Å²) in [6.45, 7) is -0.146. The van der Waals surface area contributed by atoms with Gasteiger partial charge < -0.3 is 19.5 Å². The van der Waals surface area contributed by atoms with Gasteiger partial charge >= 0.3 is 0 Å². The van der Waals surface area contributed by atoms with Crippen LogP contribution in [-0.4, -0.2) is 36.7 Å². The summed E-state index contributed by atoms with van der Waals surface area (Å²) in [5.74, 6) is 1.27. The van der Waals surface area contributed by atoms with Gasteiger partial charge in [0.15, 0.2) is 29.7 Å². The first-order valence-electron chi connectivity index (χ1n) is 7.39. The molecule has 0 bridgehead atoms. The number of hydrogen-bond acceptors (Lipinski definition) is 6. The molecule has 2 aliphatic rings. The van der Waals surface area contributed by atoms with E-state index in [1.807, 2.05) is 0 Å². The Kier molecular flexibility index (Phi) is 3.92. The summed E-state index contributed by atoms with van der Waals surface area (Å²) in [7, 11) is 0. The summed E-state index contributed by atoms with van der Waals surface area (Å²) in [5.41, 5.74) is 0.553. The first kappa shape index (κ1) is 15.7. The number of anilines is 2. The SMILES string of the molecule is O=C(CN1C(=O)COc2ccc(Br)nc21)Nc1ccc2c(c1)OCO2. The van der Waals surface area contributed by atoms with E-state index in [-0.39, 0.29) is 31.8 Å². The van der Waals surface area contributed by atoms with Gasteiger partial charge in [0, 0.05) is 11.8 Å². The monoisotopic (exact) mass is 405 g/mol. The lowest BCUT2D eigenvalue weighted by Gasteiger charge is -2.27. The number of aromatic nitrogens is 1. The van der Waals surface area contributed by atoms with E-state index in [1.54, 1.807) is 30.3 Å². The van der Waals surface area contributed by atoms with E-state index < -0.39 is 0 Å². The fraction of sp³-hybridized carbons (Fsp3) is 0.188. The molecule has 1 N–H and O–H groups in total. The fourth-order valence-corrected chi connectivity index (χ4v) is 2.84. The molecule has 2 aromatic rings. The molecule has 128 valence electrons. The summed E-state index contributed by atoms with van der Waals surface area (Å²) in [4.78, 5) is 30.0. The molecule has 0 saturated carbocycles. The summed E-state index contributed by atoms with van der Waals surface area (Å²) in [6, 6.07) is 8.49. The van der Waals surface area contributed by atoms with Crippen molar-refractivity contribution in [3.8, 4) is 17.2 Å². The van der Waals surface area contributed by atoms with Crippen molar-refractivity contribution in [2.45, 2.75) is 0 Å². The average Bonchev–Trinajstić information content (AvgIpc) is 3.05. The fourth-order valence-electron chi connectivity index (χ4n) is 2.54. The van der Waals surface area contributed by atoms with Gasteiger partial charge in [-0.2, -0.15) is 0 Å². The highest BCUT2D eigenvalue weighted by Crippen LogP contribution is 2.34. The van der Waals surface area contributed by atoms with Gasteiger partial charge in [-0.25, -0.2) is 4.98 Å². The van der Waals surface area contributed by atoms with Crippen molar-refractivity contribution >= 4 is 39.2 Å². The molecule has 0 atom stereocenters. The van der Waals surface area contributed by atoms with Crippen LogP contribution in [0.5, 0.6) is 17.2 Å². The van der Waals surface area contributed by atoms with Crippen LogP contribution in [0.1, 0.15) is 0 Å². The number of benzene rings is 1. The molecule has 0 spiro atoms. The van der Waals surface area contributed by atoms with E-state index >= 15 is 0 Å². The summed E-state index contributed by atoms with van der Waals surface area (Å²) >= 11 is 3.26. The van der Waals surface area contributed by atoms with E-state index in [9.17, 15) is 9.59 Å². The highest BCUT2D eigenvalue weighted by Gasteiger charge is 2.29. The zero-order valence-electron chi connectivity index (χ0n) is 12.8. The zero-order valence-corrected chi connectivity index (χ0v) is 14.4. The van der Waals surface area contributed by atoms with Crippen LogP contribution < -0.4 is 24.4 Å². The second kappa shape index (κ2) is 6.25. The van der Waals surface area contributed by atoms with Crippen molar-refractivity contribution in [2.24, 2.45) is 0 Å². The molecule has 0 aliphatic carbocycles. The van der Waals surface area contributed by atoms with Crippen LogP contribution in [-0.2, 0) is 9.59 Å². The molecule has 0 saturated heterocycles. The molecule has 9 heteroatoms. The van der Waals surface area contributed by atoms with Crippen molar-refractivity contribution < 1.29 is 23.8 Å². The number of carbonyl (C=O) groups excluding carboxylic acids is 2. The Morgan fingerprint density at radius 3 is 2.84 bits per heavy atom. The molecule has 3 heterocycles. The number of carbonyl (C=O) groups is 2. The maximum absolute atomic E-state index is 12.4. The Bertz CT molecular complexity index is 873. The van der Waals surface area contributed by atoms with Gasteiger partial charge in [-0.05, 0) is 40.2 Å². The number of nitrogens with zero attached hydrogens (tertiary/aromatic N) is 2. The Morgan fingerprint density at radius 2 is 1.96 bits per heavy atom. The van der Waals surface area contributed by atoms with Crippen molar-refractivity contribution in [2.75, 3.05) is 30.2 Å². The average molecular weight is 406 g/mol. The highest BCUT2D eigenvalue weighted by molar-refractivity contribution is 9.10. The third kappa shape index (κ3) is 3.10. The Labute approximate surface area is 150 Å². The molecule has 4 rings (SSSR count). The van der Waals surface area contributed by atoms with Crippen LogP contribution in [0.3, 0.4) is 0 Å². The predicted octanol–water partition coefficient (Wildman–Crippen LogP) is 1.94. The minimum absolute atomic E-state index is 0.131. The van der Waals surface area contributed by atoms with Crippen molar-refractivity contribution in [1.82, 2.24) is 4.98 Å². The van der Waals surface area contributed by atoms with Crippen LogP contribution >= 0.6 is 15.9 Å². The molecule has 0 unspecified atom stereocenters. The third-order valence-electron chi connectivity index (χ3n) is 3.67. The highest BCUT2D eigenvalue weighted by atomic mass is 79.9. The largest absolute Gasteiger partial charge is 0.480 e. The summed E-state index contributed by atoms with van der Waals surface area (Å²) in [5, 5.41) is 2.74. The molecular weight excluding hydrogens is 394 g/mol. The number of nitrogens with one attached hydrogen (secondary N) is 1. The lowest BCUT2D eigenvalue weighted by Crippen LogP contribution is -2.44. The van der Waals surface area contributed by atoms with E-state index in [0.29, 0.717) is 33.4 Å². The zero-order chi connectivity index (χ0) is 17.4. The van der Waals surface area contributed by atoms with Gasteiger partial charge in [0.05, 0.1) is 0 Å². The molecule has 1 aromatic carbocycles. The van der Waals surface area contributed by atoms with Crippen LogP contribution in [0.2, 0.25) is 0 Å². The van der Waals surface area contributed by atoms with E-state index in [1.165, 1.54) is 4.90 Å². The number of pyridine rings is 1. The van der Waals surface area contributed by atoms with Crippen molar-refractivity contribution in [3.05, 3.63) is 34.9 Å². The standard InChI is InChI=1S/C16H12BrN3O5/c17-13-4-3-11-16(19-13)20(15(22)7-23-11)6-14(21)18-9-1-2-10-12(5-9)25-8-24-10/h1-5H,6-8H2,(H,18,21). The van der Waals surface area contributed by atoms with Crippen LogP contribution in [0.15, 0.2) is 34.9 Å². The van der Waals surface area contributed by atoms with Gasteiger partial charge in [-0.1, -0.05) is 0 Å². The third-order valence-corrected chi connectivity index (χ3v) is 4.11. The first-order chi connectivity index (χ1) is 12.1. The number of amides is 2. The normalized spacial score (nSPS) is 14.8. The molecule has 0 fully saturated rings. The van der Waals surface area contributed by atoms with Crippen molar-refractivity contribution in [3.63, 3.8) is 0 Å². The lowest BCUT2D eigenvalue weighted by molar-refractivity contribution is -0.123. The first-order valence-corrected chi connectivity index (χ1v) is 8.19. The van der Waals surface area contributed by atoms with Crippen LogP contribution in [0.25, 0.3) is 0 Å². The summed E-state index contributed by atoms with van der Waals surface area (Å²) in [6.07, 6.45) is 0. The minimum atomic E-state index is -0.359. The number of ether oxygens (including phenoxy) is 3. The van der Waals surface area contributed by atoms with Crippen molar-refractivity contribution in [1.29, 1.82) is 0 Å². The van der Waals surface area contributed by atoms with Gasteiger partial charge in [-0.3, -0.25) is 14.5 Å². The van der Waals surface area contributed by atoms with Crippen LogP contribution in [0.4, 0.5) is 11.5 Å². The molecule has 25 heavy (non-hydrogen) atoms. The van der Waals surface area contributed by atoms with Gasteiger partial charge in [0.1, 0.15) is 11.1 Å². The van der Waals surface area contributed by atoms with E-state index in [0.717, 1.165) is 0 Å². The Hall–Kier alpha value is -2.81. The lowest BCUT2D eigenvalue weighted by atomic mass is 10.2. The Morgan fingerprint density at radius 1 is 1.16 bits per heavy atom. The predicted molar refractivity (Wildman–Crippen MR) is 91.0 cm³/mol. The number of fused-ring (bicyclic) bond motifs is 2. The second-order valence-corrected chi connectivity index (χ2v) is 6.15. The second-order valence-electron chi connectivity index (χ2n) is 5.34. The smallest absolute Gasteiger partial charge is 0.266 e. The molecule has 1 aromatic heterocycles. The number of halogens is 1. The number of rotatable bonds is 3. The van der Waals surface area contributed by atoms with Gasteiger partial charge in [0.25, 0.3) is 5.91 Å². The van der Waals surface area contributed by atoms with E-state index in [2.05, 4.69) is 26.2 Å². The van der Waals surface area contributed by atoms with Crippen LogP contribution in [0, 0.1) is 0 Å². The maximum atomic E-state index is 12.4. The molecular formula is C16H12BrN3O5. The minimum Gasteiger partial charge on any atom is -0.480 e.